The van der Waals surface area contributed by atoms with Gasteiger partial charge >= 0.3 is 6.09 Å². The highest BCUT2D eigenvalue weighted by atomic mass is 16.6. The Morgan fingerprint density at radius 1 is 0.980 bits per heavy atom. The molecule has 3 rings (SSSR count). The van der Waals surface area contributed by atoms with Crippen LogP contribution < -0.4 is 21.3 Å². The number of hydrogen-bond donors (Lipinski definition) is 4. The van der Waals surface area contributed by atoms with E-state index in [-0.39, 0.29) is 29.6 Å². The lowest BCUT2D eigenvalue weighted by Gasteiger charge is -2.37. The van der Waals surface area contributed by atoms with Gasteiger partial charge in [0.2, 0.25) is 29.4 Å². The molecule has 2 unspecified atom stereocenters. The van der Waals surface area contributed by atoms with Gasteiger partial charge in [-0.3, -0.25) is 28.8 Å². The number of benzene rings is 1. The van der Waals surface area contributed by atoms with Gasteiger partial charge in [0, 0.05) is 20.6 Å². The van der Waals surface area contributed by atoms with Gasteiger partial charge in [-0.25, -0.2) is 4.79 Å². The van der Waals surface area contributed by atoms with Crippen molar-refractivity contribution in [2.24, 2.45) is 22.7 Å². The largest absolute Gasteiger partial charge is 0.447 e. The van der Waals surface area contributed by atoms with Crippen molar-refractivity contribution < 1.29 is 38.3 Å². The van der Waals surface area contributed by atoms with Crippen molar-refractivity contribution >= 4 is 41.4 Å². The first kappa shape index (κ1) is 39.9. The molecule has 4 N–H and O–H groups in total. The van der Waals surface area contributed by atoms with E-state index in [2.05, 4.69) is 21.3 Å². The molecular weight excluding hydrogens is 644 g/mol. The van der Waals surface area contributed by atoms with Gasteiger partial charge in [-0.1, -0.05) is 78.3 Å². The Morgan fingerprint density at radius 3 is 2.14 bits per heavy atom. The number of likely N-dealkylation sites (tertiary alicyclic amines) is 1. The number of alkyl carbamates (subject to hydrolysis) is 1. The second-order valence-corrected chi connectivity index (χ2v) is 15.3. The van der Waals surface area contributed by atoms with E-state index in [1.807, 2.05) is 13.8 Å². The summed E-state index contributed by atoms with van der Waals surface area (Å²) in [5.74, 6) is -4.24. The fraction of sp³-hybridized carbons (Fsp3) is 0.639. The summed E-state index contributed by atoms with van der Waals surface area (Å²) in [7, 11) is 3.11. The van der Waals surface area contributed by atoms with Crippen molar-refractivity contribution in [1.29, 1.82) is 0 Å². The Bertz CT molecular complexity index is 1450. The molecular formula is C36H54N6O8. The minimum atomic E-state index is -1.21. The molecule has 1 saturated carbocycles. The van der Waals surface area contributed by atoms with E-state index < -0.39 is 77.7 Å². The standard InChI is InChI=1S/C36H54N6O8/c1-11-15-23(28(44)31(46)37-18-24(43)39-26(32(47)41(9)10)21-16-13-12-14-17-21)38-30(45)27-25-22(36(25,7)8)19-42(27)33(48)29(35(4,5)6)40-34(49)50-20(2)3/h12-14,16-17,20,22-23,25-27,29H,11,15,18-19H2,1-10H3,(H,37,46)(H,38,45)(H,39,43)(H,40,49)/t22?,23-,25?,26-,27-,29+/m0/s1. The summed E-state index contributed by atoms with van der Waals surface area (Å²) in [6, 6.07) is 4.48. The average molecular weight is 699 g/mol. The van der Waals surface area contributed by atoms with Crippen molar-refractivity contribution in [3.05, 3.63) is 35.9 Å². The van der Waals surface area contributed by atoms with E-state index in [0.717, 1.165) is 0 Å². The van der Waals surface area contributed by atoms with Gasteiger partial charge < -0.3 is 35.8 Å². The van der Waals surface area contributed by atoms with Crippen LogP contribution in [-0.2, 0) is 33.5 Å². The minimum absolute atomic E-state index is 0.0339. The van der Waals surface area contributed by atoms with Crippen LogP contribution in [0.15, 0.2) is 30.3 Å². The Balaban J connectivity index is 1.72. The van der Waals surface area contributed by atoms with Gasteiger partial charge in [0.25, 0.3) is 5.91 Å². The third-order valence-corrected chi connectivity index (χ3v) is 9.45. The van der Waals surface area contributed by atoms with Gasteiger partial charge in [0.05, 0.1) is 18.7 Å². The smallest absolute Gasteiger partial charge is 0.408 e. The number of rotatable bonds is 14. The number of ketones is 1. The zero-order chi connectivity index (χ0) is 37.7. The van der Waals surface area contributed by atoms with E-state index in [1.165, 1.54) is 9.80 Å². The summed E-state index contributed by atoms with van der Waals surface area (Å²) in [4.78, 5) is 95.3. The van der Waals surface area contributed by atoms with Crippen LogP contribution in [0.3, 0.4) is 0 Å². The zero-order valence-corrected chi connectivity index (χ0v) is 30.9. The van der Waals surface area contributed by atoms with Crippen LogP contribution in [0.25, 0.3) is 0 Å². The lowest BCUT2D eigenvalue weighted by atomic mass is 9.85. The zero-order valence-electron chi connectivity index (χ0n) is 30.9. The fourth-order valence-electron chi connectivity index (χ4n) is 6.62. The van der Waals surface area contributed by atoms with Crippen molar-refractivity contribution in [1.82, 2.24) is 31.1 Å². The van der Waals surface area contributed by atoms with Crippen LogP contribution >= 0.6 is 0 Å². The number of nitrogens with one attached hydrogen (secondary N) is 4. The van der Waals surface area contributed by atoms with Crippen LogP contribution in [-0.4, -0.2) is 103 Å². The Hall–Kier alpha value is -4.49. The maximum absolute atomic E-state index is 14.0. The third-order valence-electron chi connectivity index (χ3n) is 9.45. The van der Waals surface area contributed by atoms with Crippen LogP contribution in [0.1, 0.15) is 79.8 Å². The lowest BCUT2D eigenvalue weighted by Crippen LogP contribution is -2.60. The molecule has 1 aromatic rings. The molecule has 1 heterocycles. The van der Waals surface area contributed by atoms with Crippen molar-refractivity contribution in [2.45, 2.75) is 98.5 Å². The number of amides is 6. The van der Waals surface area contributed by atoms with Gasteiger partial charge in [-0.05, 0) is 48.5 Å². The van der Waals surface area contributed by atoms with Crippen LogP contribution in [0.5, 0.6) is 0 Å². The molecule has 0 spiro atoms. The molecule has 2 fully saturated rings. The van der Waals surface area contributed by atoms with Gasteiger partial charge in [0.15, 0.2) is 0 Å². The Labute approximate surface area is 294 Å². The predicted octanol–water partition coefficient (Wildman–Crippen LogP) is 1.93. The monoisotopic (exact) mass is 698 g/mol. The van der Waals surface area contributed by atoms with Crippen LogP contribution in [0.4, 0.5) is 4.79 Å². The second-order valence-electron chi connectivity index (χ2n) is 15.3. The molecule has 276 valence electrons. The van der Waals surface area contributed by atoms with Gasteiger partial charge in [-0.2, -0.15) is 0 Å². The summed E-state index contributed by atoms with van der Waals surface area (Å²) in [5.41, 5.74) is -0.406. The first-order chi connectivity index (χ1) is 23.2. The SMILES string of the molecule is CCC[C@H](NC(=O)[C@@H]1C2C(CN1C(=O)[C@@H](NC(=O)OC(C)C)C(C)(C)C)C2(C)C)C(=O)C(=O)NCC(=O)N[C@H](C(=O)N(C)C)c1ccccc1. The second kappa shape index (κ2) is 16.0. The maximum atomic E-state index is 14.0. The molecule has 2 aliphatic rings. The Morgan fingerprint density at radius 2 is 1.60 bits per heavy atom. The molecule has 1 saturated heterocycles. The quantitative estimate of drug-likeness (QED) is 0.213. The number of carbonyl (C=O) groups is 7. The molecule has 50 heavy (non-hydrogen) atoms. The average Bonchev–Trinajstić information content (AvgIpc) is 3.33. The highest BCUT2D eigenvalue weighted by molar-refractivity contribution is 6.38. The van der Waals surface area contributed by atoms with E-state index in [4.69, 9.17) is 4.74 Å². The van der Waals surface area contributed by atoms with Crippen LogP contribution in [0.2, 0.25) is 0 Å². The molecule has 0 bridgehead atoms. The topological polar surface area (TPSA) is 183 Å². The predicted molar refractivity (Wildman–Crippen MR) is 185 cm³/mol. The van der Waals surface area contributed by atoms with E-state index in [1.54, 1.807) is 86.0 Å². The molecule has 1 aliphatic heterocycles. The molecule has 14 nitrogen and oxygen atoms in total. The molecule has 1 aliphatic carbocycles. The van der Waals surface area contributed by atoms with Crippen LogP contribution in [0, 0.1) is 22.7 Å². The number of ether oxygens (including phenoxy) is 1. The minimum Gasteiger partial charge on any atom is -0.447 e. The molecule has 0 aromatic heterocycles. The van der Waals surface area contributed by atoms with Crippen molar-refractivity contribution in [3.8, 4) is 0 Å². The fourth-order valence-corrected chi connectivity index (χ4v) is 6.62. The number of likely N-dealkylation sites (N-methyl/N-ethyl adjacent to an activating group) is 1. The number of nitrogens with zero attached hydrogens (tertiary/aromatic N) is 2. The first-order valence-electron chi connectivity index (χ1n) is 17.2. The van der Waals surface area contributed by atoms with E-state index >= 15 is 0 Å². The number of Topliss-reactive ketones (excluding diaryl/α,β-unsaturated/α-hetero) is 1. The highest BCUT2D eigenvalue weighted by Crippen LogP contribution is 2.65. The number of fused-ring (bicyclic) bond motifs is 1. The van der Waals surface area contributed by atoms with E-state index in [9.17, 15) is 33.6 Å². The highest BCUT2D eigenvalue weighted by Gasteiger charge is 2.70. The normalized spacial score (nSPS) is 20.8. The summed E-state index contributed by atoms with van der Waals surface area (Å²) >= 11 is 0. The molecule has 6 atom stereocenters. The summed E-state index contributed by atoms with van der Waals surface area (Å²) in [6.07, 6.45) is -0.549. The maximum Gasteiger partial charge on any atom is 0.408 e. The summed E-state index contributed by atoms with van der Waals surface area (Å²) in [5, 5.41) is 10.3. The van der Waals surface area contributed by atoms with E-state index in [0.29, 0.717) is 18.5 Å². The number of carbonyl (C=O) groups excluding carboxylic acids is 7. The third kappa shape index (κ3) is 9.39. The van der Waals surface area contributed by atoms with Crippen molar-refractivity contribution in [2.75, 3.05) is 27.2 Å². The van der Waals surface area contributed by atoms with Crippen molar-refractivity contribution in [3.63, 3.8) is 0 Å². The van der Waals surface area contributed by atoms with Gasteiger partial charge in [-0.15, -0.1) is 0 Å². The molecule has 0 radical (unpaired) electrons. The number of piperidine rings is 1. The molecule has 6 amide bonds. The summed E-state index contributed by atoms with van der Waals surface area (Å²) < 4.78 is 5.23. The summed E-state index contributed by atoms with van der Waals surface area (Å²) in [6.45, 7) is 14.4. The van der Waals surface area contributed by atoms with Gasteiger partial charge in [0.1, 0.15) is 18.1 Å². The lowest BCUT2D eigenvalue weighted by molar-refractivity contribution is -0.145. The molecule has 14 heteroatoms. The molecule has 1 aromatic carbocycles. The first-order valence-corrected chi connectivity index (χ1v) is 17.2. The Kier molecular flexibility index (Phi) is 12.8. The number of hydrogen-bond acceptors (Lipinski definition) is 8.